The number of ether oxygens (including phenoxy) is 1. The Hall–Kier alpha value is -2.29. The molecule has 2 aromatic rings. The molecule has 0 spiro atoms. The summed E-state index contributed by atoms with van der Waals surface area (Å²) in [6.45, 7) is 3.44. The average molecular weight is 496 g/mol. The lowest BCUT2D eigenvalue weighted by atomic mass is 10.1. The second-order valence-corrected chi connectivity index (χ2v) is 6.43. The van der Waals surface area contributed by atoms with Gasteiger partial charge in [-0.25, -0.2) is 0 Å². The van der Waals surface area contributed by atoms with Gasteiger partial charge in [-0.05, 0) is 35.7 Å². The monoisotopic (exact) mass is 496 g/mol. The highest BCUT2D eigenvalue weighted by Crippen LogP contribution is 2.13. The maximum Gasteiger partial charge on any atom is 0.259 e. The summed E-state index contributed by atoms with van der Waals surface area (Å²) in [5.41, 5.74) is 3.53. The Morgan fingerprint density at radius 3 is 2.46 bits per heavy atom. The maximum absolute atomic E-state index is 11.6. The molecule has 0 unspecified atom stereocenters. The number of hydrogen-bond acceptors (Lipinski definition) is 3. The van der Waals surface area contributed by atoms with Crippen LogP contribution in [0.15, 0.2) is 53.5 Å². The molecule has 0 fully saturated rings. The zero-order valence-electron chi connectivity index (χ0n) is 16.9. The smallest absolute Gasteiger partial charge is 0.259 e. The lowest BCUT2D eigenvalue weighted by Gasteiger charge is -2.14. The second-order valence-electron chi connectivity index (χ2n) is 6.43. The summed E-state index contributed by atoms with van der Waals surface area (Å²) < 4.78 is 5.56. The summed E-state index contributed by atoms with van der Waals surface area (Å²) in [4.78, 5) is 17.4. The average Bonchev–Trinajstić information content (AvgIpc) is 2.67. The lowest BCUT2D eigenvalue weighted by molar-refractivity contribution is -0.130. The van der Waals surface area contributed by atoms with Gasteiger partial charge in [-0.15, -0.1) is 24.0 Å². The quantitative estimate of drug-likeness (QED) is 0.352. The number of halogens is 1. The third-order valence-corrected chi connectivity index (χ3v) is 4.15. The Kier molecular flexibility index (Phi) is 10.4. The lowest BCUT2D eigenvalue weighted by Crippen LogP contribution is -2.36. The fourth-order valence-corrected chi connectivity index (χ4v) is 2.41. The molecule has 28 heavy (non-hydrogen) atoms. The van der Waals surface area contributed by atoms with Crippen LogP contribution in [0.25, 0.3) is 0 Å². The summed E-state index contributed by atoms with van der Waals surface area (Å²) >= 11 is 0. The Labute approximate surface area is 184 Å². The molecule has 0 aliphatic carbocycles. The van der Waals surface area contributed by atoms with Gasteiger partial charge in [0, 0.05) is 34.2 Å². The van der Waals surface area contributed by atoms with Crippen LogP contribution < -0.4 is 15.4 Å². The van der Waals surface area contributed by atoms with Crippen LogP contribution in [0.4, 0.5) is 0 Å². The zero-order chi connectivity index (χ0) is 19.6. The molecular weight excluding hydrogens is 467 g/mol. The molecule has 2 N–H and O–H groups in total. The molecule has 2 aromatic carbocycles. The van der Waals surface area contributed by atoms with Crippen molar-refractivity contribution in [2.24, 2.45) is 4.99 Å². The number of likely N-dealkylation sites (N-methyl/N-ethyl adjacent to an activating group) is 1. The van der Waals surface area contributed by atoms with Crippen LogP contribution in [0.3, 0.4) is 0 Å². The fraction of sp³-hybridized carbons (Fsp3) is 0.333. The van der Waals surface area contributed by atoms with E-state index in [0.717, 1.165) is 11.5 Å². The van der Waals surface area contributed by atoms with Gasteiger partial charge in [0.2, 0.25) is 0 Å². The largest absolute Gasteiger partial charge is 0.484 e. The number of nitrogens with zero attached hydrogens (tertiary/aromatic N) is 2. The van der Waals surface area contributed by atoms with Crippen molar-refractivity contribution in [3.05, 3.63) is 65.2 Å². The van der Waals surface area contributed by atoms with Crippen molar-refractivity contribution in [3.63, 3.8) is 0 Å². The third-order valence-electron chi connectivity index (χ3n) is 4.15. The van der Waals surface area contributed by atoms with Crippen LogP contribution in [0.5, 0.6) is 5.75 Å². The van der Waals surface area contributed by atoms with E-state index in [9.17, 15) is 4.79 Å². The van der Waals surface area contributed by atoms with Crippen molar-refractivity contribution in [2.45, 2.75) is 20.0 Å². The Morgan fingerprint density at radius 1 is 1.07 bits per heavy atom. The van der Waals surface area contributed by atoms with Gasteiger partial charge in [0.1, 0.15) is 5.75 Å². The van der Waals surface area contributed by atoms with Crippen molar-refractivity contribution in [1.82, 2.24) is 15.5 Å². The Balaban J connectivity index is 0.00000392. The summed E-state index contributed by atoms with van der Waals surface area (Å²) in [5, 5.41) is 6.62. The van der Waals surface area contributed by atoms with Gasteiger partial charge < -0.3 is 20.3 Å². The van der Waals surface area contributed by atoms with E-state index in [1.54, 1.807) is 21.1 Å². The first kappa shape index (κ1) is 23.7. The number of amides is 1. The van der Waals surface area contributed by atoms with Crippen LogP contribution in [-0.4, -0.2) is 44.5 Å². The summed E-state index contributed by atoms with van der Waals surface area (Å²) in [7, 11) is 5.17. The topological polar surface area (TPSA) is 66.0 Å². The molecule has 0 atom stereocenters. The Bertz CT molecular complexity index is 793. The molecule has 1 amide bonds. The van der Waals surface area contributed by atoms with Crippen molar-refractivity contribution < 1.29 is 9.53 Å². The molecule has 0 heterocycles. The number of hydrogen-bond donors (Lipinski definition) is 2. The minimum absolute atomic E-state index is 0. The van der Waals surface area contributed by atoms with Crippen molar-refractivity contribution in [2.75, 3.05) is 27.7 Å². The number of carbonyl (C=O) groups excluding carboxylic acids is 1. The molecule has 0 aromatic heterocycles. The Morgan fingerprint density at radius 2 is 1.79 bits per heavy atom. The van der Waals surface area contributed by atoms with Gasteiger partial charge >= 0.3 is 0 Å². The molecule has 6 nitrogen and oxygen atoms in total. The van der Waals surface area contributed by atoms with E-state index in [1.165, 1.54) is 16.0 Å². The fourth-order valence-electron chi connectivity index (χ4n) is 2.41. The first-order valence-electron chi connectivity index (χ1n) is 8.90. The van der Waals surface area contributed by atoms with E-state index < -0.39 is 0 Å². The molecule has 0 radical (unpaired) electrons. The minimum atomic E-state index is -0.0701. The van der Waals surface area contributed by atoms with Gasteiger partial charge in [0.25, 0.3) is 5.91 Å². The molecular formula is C21H29IN4O2. The maximum atomic E-state index is 11.6. The van der Waals surface area contributed by atoms with Gasteiger partial charge in [0.15, 0.2) is 12.6 Å². The van der Waals surface area contributed by atoms with E-state index in [1.807, 2.05) is 36.4 Å². The normalized spacial score (nSPS) is 10.6. The SMILES string of the molecule is CN=C(NCc1cccc(OCC(=O)N(C)C)c1)NCc1ccccc1C.I. The molecule has 0 saturated heterocycles. The first-order valence-corrected chi connectivity index (χ1v) is 8.90. The van der Waals surface area contributed by atoms with Gasteiger partial charge in [-0.1, -0.05) is 36.4 Å². The molecule has 2 rings (SSSR count). The van der Waals surface area contributed by atoms with Crippen molar-refractivity contribution in [1.29, 1.82) is 0 Å². The minimum Gasteiger partial charge on any atom is -0.484 e. The highest BCUT2D eigenvalue weighted by molar-refractivity contribution is 14.0. The predicted octanol–water partition coefficient (Wildman–Crippen LogP) is 2.95. The number of aryl methyl sites for hydroxylation is 1. The molecule has 0 aliphatic heterocycles. The number of nitrogens with one attached hydrogen (secondary N) is 2. The summed E-state index contributed by atoms with van der Waals surface area (Å²) in [6, 6.07) is 15.9. The number of benzene rings is 2. The highest BCUT2D eigenvalue weighted by atomic mass is 127. The van der Waals surface area contributed by atoms with E-state index >= 15 is 0 Å². The third kappa shape index (κ3) is 7.75. The first-order chi connectivity index (χ1) is 13.0. The van der Waals surface area contributed by atoms with E-state index in [4.69, 9.17) is 4.74 Å². The number of carbonyl (C=O) groups is 1. The van der Waals surface area contributed by atoms with Crippen LogP contribution in [-0.2, 0) is 17.9 Å². The second kappa shape index (κ2) is 12.2. The van der Waals surface area contributed by atoms with Crippen LogP contribution in [0, 0.1) is 6.92 Å². The van der Waals surface area contributed by atoms with Gasteiger partial charge in [-0.2, -0.15) is 0 Å². The summed E-state index contributed by atoms with van der Waals surface area (Å²) in [5.74, 6) is 1.33. The molecule has 0 bridgehead atoms. The van der Waals surface area contributed by atoms with Crippen molar-refractivity contribution in [3.8, 4) is 5.75 Å². The van der Waals surface area contributed by atoms with E-state index in [2.05, 4.69) is 34.7 Å². The highest BCUT2D eigenvalue weighted by Gasteiger charge is 2.06. The molecule has 0 aliphatic rings. The van der Waals surface area contributed by atoms with Crippen molar-refractivity contribution >= 4 is 35.8 Å². The molecule has 0 saturated carbocycles. The number of aliphatic imine (C=N–C) groups is 1. The summed E-state index contributed by atoms with van der Waals surface area (Å²) in [6.07, 6.45) is 0. The predicted molar refractivity (Wildman–Crippen MR) is 124 cm³/mol. The molecule has 7 heteroatoms. The standard InChI is InChI=1S/C21H28N4O2.HI/c1-16-8-5-6-10-18(16)14-24-21(22-2)23-13-17-9-7-11-19(12-17)27-15-20(26)25(3)4;/h5-12H,13-15H2,1-4H3,(H2,22,23,24);1H. The van der Waals surface area contributed by atoms with Crippen LogP contribution in [0.1, 0.15) is 16.7 Å². The number of rotatable bonds is 7. The van der Waals surface area contributed by atoms with Crippen LogP contribution in [0.2, 0.25) is 0 Å². The number of guanidine groups is 1. The molecule has 152 valence electrons. The van der Waals surface area contributed by atoms with E-state index in [-0.39, 0.29) is 36.5 Å². The van der Waals surface area contributed by atoms with Gasteiger partial charge in [-0.3, -0.25) is 9.79 Å². The zero-order valence-corrected chi connectivity index (χ0v) is 19.2. The van der Waals surface area contributed by atoms with Gasteiger partial charge in [0.05, 0.1) is 0 Å². The van der Waals surface area contributed by atoms with E-state index in [0.29, 0.717) is 18.8 Å². The van der Waals surface area contributed by atoms with Crippen LogP contribution >= 0.6 is 24.0 Å².